The van der Waals surface area contributed by atoms with Crippen LogP contribution in [0.1, 0.15) is 42.1 Å². The third-order valence-electron chi connectivity index (χ3n) is 3.62. The zero-order chi connectivity index (χ0) is 18.0. The maximum Gasteiger partial charge on any atom is 0.240 e. The molecule has 0 saturated heterocycles. The highest BCUT2D eigenvalue weighted by Crippen LogP contribution is 2.28. The molecule has 0 unspecified atom stereocenters. The number of hydrogen-bond acceptors (Lipinski definition) is 8. The van der Waals surface area contributed by atoms with Crippen molar-refractivity contribution in [3.63, 3.8) is 0 Å². The smallest absolute Gasteiger partial charge is 0.240 e. The number of nitrogens with zero attached hydrogens (tertiary/aromatic N) is 5. The molecule has 0 radical (unpaired) electrons. The van der Waals surface area contributed by atoms with Crippen LogP contribution < -0.4 is 5.73 Å². The van der Waals surface area contributed by atoms with Gasteiger partial charge in [0.1, 0.15) is 0 Å². The van der Waals surface area contributed by atoms with Crippen LogP contribution in [-0.4, -0.2) is 32.1 Å². The van der Waals surface area contributed by atoms with Gasteiger partial charge in [-0.1, -0.05) is 19.0 Å². The highest BCUT2D eigenvalue weighted by Gasteiger charge is 2.13. The number of aryl methyl sites for hydroxylation is 1. The van der Waals surface area contributed by atoms with E-state index in [0.717, 1.165) is 28.6 Å². The first-order valence-corrected chi connectivity index (χ1v) is 8.93. The third-order valence-corrected chi connectivity index (χ3v) is 4.71. The first-order valence-electron chi connectivity index (χ1n) is 8.12. The summed E-state index contributed by atoms with van der Waals surface area (Å²) in [5, 5.41) is 4.00. The van der Waals surface area contributed by atoms with E-state index in [4.69, 9.17) is 10.3 Å². The van der Waals surface area contributed by atoms with Crippen molar-refractivity contribution in [1.82, 2.24) is 25.0 Å². The van der Waals surface area contributed by atoms with Gasteiger partial charge in [0.05, 0.1) is 17.1 Å². The van der Waals surface area contributed by atoms with Gasteiger partial charge in [-0.25, -0.2) is 9.97 Å². The van der Waals surface area contributed by atoms with E-state index in [9.17, 15) is 0 Å². The first-order chi connectivity index (χ1) is 11.9. The number of nitrogen functional groups attached to an aromatic ring is 1. The molecule has 3 heterocycles. The minimum absolute atomic E-state index is 0.270. The Labute approximate surface area is 150 Å². The van der Waals surface area contributed by atoms with Crippen LogP contribution in [0.15, 0.2) is 22.7 Å². The SMILES string of the molecule is Cc1cc(-c2ccc(CN(C)Cc3nc(C(C)C)no3)s2)nc(N)n1. The monoisotopic (exact) mass is 358 g/mol. The average molecular weight is 358 g/mol. The summed E-state index contributed by atoms with van der Waals surface area (Å²) in [6.07, 6.45) is 0. The molecule has 0 spiro atoms. The fourth-order valence-electron chi connectivity index (χ4n) is 2.44. The number of rotatable bonds is 6. The van der Waals surface area contributed by atoms with Crippen molar-refractivity contribution in [2.45, 2.75) is 39.8 Å². The summed E-state index contributed by atoms with van der Waals surface area (Å²) >= 11 is 1.70. The van der Waals surface area contributed by atoms with Crippen LogP contribution in [0.3, 0.4) is 0 Å². The van der Waals surface area contributed by atoms with Gasteiger partial charge in [0.2, 0.25) is 11.8 Å². The van der Waals surface area contributed by atoms with E-state index in [1.165, 1.54) is 4.88 Å². The molecule has 0 aromatic carbocycles. The van der Waals surface area contributed by atoms with Crippen LogP contribution in [0.4, 0.5) is 5.95 Å². The molecule has 0 saturated carbocycles. The zero-order valence-electron chi connectivity index (χ0n) is 14.9. The predicted molar refractivity (Wildman–Crippen MR) is 98.1 cm³/mol. The fourth-order valence-corrected chi connectivity index (χ4v) is 3.49. The second kappa shape index (κ2) is 7.28. The Morgan fingerprint density at radius 3 is 2.68 bits per heavy atom. The van der Waals surface area contributed by atoms with Gasteiger partial charge in [0.25, 0.3) is 0 Å². The summed E-state index contributed by atoms with van der Waals surface area (Å²) in [6, 6.07) is 6.12. The molecule has 25 heavy (non-hydrogen) atoms. The summed E-state index contributed by atoms with van der Waals surface area (Å²) in [6.45, 7) is 7.43. The molecular weight excluding hydrogens is 336 g/mol. The molecule has 2 N–H and O–H groups in total. The van der Waals surface area contributed by atoms with E-state index in [-0.39, 0.29) is 5.92 Å². The molecule has 3 rings (SSSR count). The number of nitrogens with two attached hydrogens (primary N) is 1. The van der Waals surface area contributed by atoms with E-state index in [2.05, 4.69) is 37.1 Å². The lowest BCUT2D eigenvalue weighted by Crippen LogP contribution is -2.16. The van der Waals surface area contributed by atoms with Gasteiger partial charge < -0.3 is 10.3 Å². The number of hydrogen-bond donors (Lipinski definition) is 1. The Morgan fingerprint density at radius 1 is 1.20 bits per heavy atom. The van der Waals surface area contributed by atoms with E-state index < -0.39 is 0 Å². The van der Waals surface area contributed by atoms with Crippen LogP contribution in [0.5, 0.6) is 0 Å². The fraction of sp³-hybridized carbons (Fsp3) is 0.412. The van der Waals surface area contributed by atoms with Crippen molar-refractivity contribution in [3.8, 4) is 10.6 Å². The molecule has 0 fully saturated rings. The second-order valence-electron chi connectivity index (χ2n) is 6.39. The lowest BCUT2D eigenvalue weighted by Gasteiger charge is -2.12. The van der Waals surface area contributed by atoms with Crippen molar-refractivity contribution in [2.24, 2.45) is 0 Å². The lowest BCUT2D eigenvalue weighted by molar-refractivity contribution is 0.261. The molecule has 0 atom stereocenters. The summed E-state index contributed by atoms with van der Waals surface area (Å²) in [5.74, 6) is 1.96. The normalized spacial score (nSPS) is 11.6. The first kappa shape index (κ1) is 17.5. The van der Waals surface area contributed by atoms with Crippen LogP contribution in [0.25, 0.3) is 10.6 Å². The van der Waals surface area contributed by atoms with Crippen molar-refractivity contribution < 1.29 is 4.52 Å². The van der Waals surface area contributed by atoms with Crippen LogP contribution in [-0.2, 0) is 13.1 Å². The lowest BCUT2D eigenvalue weighted by atomic mass is 10.2. The predicted octanol–water partition coefficient (Wildman–Crippen LogP) is 3.23. The highest BCUT2D eigenvalue weighted by atomic mass is 32.1. The molecule has 132 valence electrons. The molecule has 0 aliphatic carbocycles. The topological polar surface area (TPSA) is 94.0 Å². The Kier molecular flexibility index (Phi) is 5.10. The Hall–Kier alpha value is -2.32. The van der Waals surface area contributed by atoms with Crippen molar-refractivity contribution >= 4 is 17.3 Å². The minimum atomic E-state index is 0.270. The van der Waals surface area contributed by atoms with E-state index in [0.29, 0.717) is 18.4 Å². The van der Waals surface area contributed by atoms with Gasteiger partial charge in [0, 0.05) is 23.0 Å². The molecule has 0 aliphatic heterocycles. The Balaban J connectivity index is 1.66. The van der Waals surface area contributed by atoms with Gasteiger partial charge in [-0.3, -0.25) is 4.90 Å². The van der Waals surface area contributed by atoms with Crippen molar-refractivity contribution in [2.75, 3.05) is 12.8 Å². The van der Waals surface area contributed by atoms with Gasteiger partial charge >= 0.3 is 0 Å². The van der Waals surface area contributed by atoms with Crippen LogP contribution in [0.2, 0.25) is 0 Å². The largest absolute Gasteiger partial charge is 0.368 e. The molecule has 3 aromatic rings. The molecular formula is C17H22N6OS. The Bertz CT molecular complexity index is 836. The molecule has 7 nitrogen and oxygen atoms in total. The van der Waals surface area contributed by atoms with Crippen LogP contribution in [0, 0.1) is 6.92 Å². The standard InChI is InChI=1S/C17H22N6OS/c1-10(2)16-21-15(24-22-16)9-23(4)8-12-5-6-14(25-12)13-7-11(3)19-17(18)20-13/h5-7,10H,8-9H2,1-4H3,(H2,18,19,20). The van der Waals surface area contributed by atoms with Gasteiger partial charge in [-0.15, -0.1) is 11.3 Å². The van der Waals surface area contributed by atoms with E-state index in [1.807, 2.05) is 33.9 Å². The molecule has 3 aromatic heterocycles. The van der Waals surface area contributed by atoms with E-state index >= 15 is 0 Å². The zero-order valence-corrected chi connectivity index (χ0v) is 15.7. The quantitative estimate of drug-likeness (QED) is 0.723. The molecule has 8 heteroatoms. The summed E-state index contributed by atoms with van der Waals surface area (Å²) in [7, 11) is 2.03. The highest BCUT2D eigenvalue weighted by molar-refractivity contribution is 7.15. The maximum absolute atomic E-state index is 5.74. The summed E-state index contributed by atoms with van der Waals surface area (Å²) < 4.78 is 5.30. The number of thiophene rings is 1. The summed E-state index contributed by atoms with van der Waals surface area (Å²) in [4.78, 5) is 17.3. The molecule has 0 bridgehead atoms. The second-order valence-corrected chi connectivity index (χ2v) is 7.56. The average Bonchev–Trinajstić information content (AvgIpc) is 3.15. The Morgan fingerprint density at radius 2 is 2.00 bits per heavy atom. The minimum Gasteiger partial charge on any atom is -0.368 e. The van der Waals surface area contributed by atoms with Gasteiger partial charge in [0.15, 0.2) is 5.82 Å². The molecule has 0 aliphatic rings. The van der Waals surface area contributed by atoms with Gasteiger partial charge in [-0.05, 0) is 32.2 Å². The van der Waals surface area contributed by atoms with Crippen LogP contribution >= 0.6 is 11.3 Å². The maximum atomic E-state index is 5.74. The van der Waals surface area contributed by atoms with Crippen molar-refractivity contribution in [3.05, 3.63) is 40.5 Å². The number of anilines is 1. The van der Waals surface area contributed by atoms with Crippen molar-refractivity contribution in [1.29, 1.82) is 0 Å². The van der Waals surface area contributed by atoms with Gasteiger partial charge in [-0.2, -0.15) is 4.98 Å². The molecule has 0 amide bonds. The van der Waals surface area contributed by atoms with E-state index in [1.54, 1.807) is 11.3 Å². The number of aromatic nitrogens is 4. The third kappa shape index (κ3) is 4.40. The summed E-state index contributed by atoms with van der Waals surface area (Å²) in [5.41, 5.74) is 7.48.